The fraction of sp³-hybridized carbons (Fsp3) is 0.0769. The van der Waals surface area contributed by atoms with E-state index in [0.29, 0.717) is 6.07 Å². The molecule has 0 bridgehead atoms. The van der Waals surface area contributed by atoms with Gasteiger partial charge in [0.2, 0.25) is 0 Å². The van der Waals surface area contributed by atoms with Gasteiger partial charge in [0, 0.05) is 11.6 Å². The summed E-state index contributed by atoms with van der Waals surface area (Å²) < 4.78 is 88.3. The standard InChI is InChI=1S/C13H10F5NO4S2/c14-25(15,16,17,18)12-7-6-10(13(8-12)19(20)21)9-24(22,23)11-4-2-1-3-5-11/h1-8H,9H2. The number of rotatable bonds is 5. The van der Waals surface area contributed by atoms with Crippen molar-refractivity contribution in [2.24, 2.45) is 0 Å². The van der Waals surface area contributed by atoms with E-state index >= 15 is 0 Å². The van der Waals surface area contributed by atoms with Gasteiger partial charge in [-0.3, -0.25) is 10.1 Å². The van der Waals surface area contributed by atoms with Gasteiger partial charge < -0.3 is 0 Å². The Morgan fingerprint density at radius 1 is 0.960 bits per heavy atom. The van der Waals surface area contributed by atoms with E-state index in [-0.39, 0.29) is 17.0 Å². The minimum atomic E-state index is -10.1. The highest BCUT2D eigenvalue weighted by molar-refractivity contribution is 8.45. The fourth-order valence-electron chi connectivity index (χ4n) is 1.99. The molecular formula is C13H10F5NO4S2. The lowest BCUT2D eigenvalue weighted by atomic mass is 10.2. The van der Waals surface area contributed by atoms with Crippen molar-refractivity contribution in [2.75, 3.05) is 0 Å². The first kappa shape index (κ1) is 19.1. The molecule has 0 aromatic heterocycles. The normalized spacial score (nSPS) is 15.2. The monoisotopic (exact) mass is 403 g/mol. The molecule has 5 nitrogen and oxygen atoms in total. The Morgan fingerprint density at radius 2 is 1.52 bits per heavy atom. The molecule has 0 heterocycles. The van der Waals surface area contributed by atoms with Crippen LogP contribution in [0.1, 0.15) is 5.56 Å². The number of halogens is 5. The molecule has 138 valence electrons. The second-order valence-corrected chi connectivity index (χ2v) is 9.49. The number of hydrogen-bond acceptors (Lipinski definition) is 4. The third-order valence-electron chi connectivity index (χ3n) is 3.15. The van der Waals surface area contributed by atoms with E-state index in [1.165, 1.54) is 30.3 Å². The topological polar surface area (TPSA) is 77.3 Å². The van der Waals surface area contributed by atoms with Crippen molar-refractivity contribution in [3.05, 3.63) is 64.2 Å². The summed E-state index contributed by atoms with van der Waals surface area (Å²) in [5, 5.41) is 10.9. The largest absolute Gasteiger partial charge is 0.310 e. The van der Waals surface area contributed by atoms with E-state index in [0.717, 1.165) is 0 Å². The van der Waals surface area contributed by atoms with E-state index in [2.05, 4.69) is 0 Å². The number of sulfone groups is 1. The second-order valence-electron chi connectivity index (χ2n) is 5.09. The van der Waals surface area contributed by atoms with Crippen molar-refractivity contribution in [1.29, 1.82) is 0 Å². The number of benzene rings is 2. The van der Waals surface area contributed by atoms with Gasteiger partial charge in [0.15, 0.2) is 9.84 Å². The van der Waals surface area contributed by atoms with E-state index in [9.17, 15) is 38.0 Å². The Morgan fingerprint density at radius 3 is 2.00 bits per heavy atom. The lowest BCUT2D eigenvalue weighted by Crippen LogP contribution is -2.10. The van der Waals surface area contributed by atoms with Crippen molar-refractivity contribution >= 4 is 25.7 Å². The van der Waals surface area contributed by atoms with Gasteiger partial charge in [0.05, 0.1) is 15.6 Å². The highest BCUT2D eigenvalue weighted by Gasteiger charge is 2.65. The smallest absolute Gasteiger partial charge is 0.258 e. The van der Waals surface area contributed by atoms with Gasteiger partial charge >= 0.3 is 10.2 Å². The lowest BCUT2D eigenvalue weighted by molar-refractivity contribution is -0.385. The van der Waals surface area contributed by atoms with Crippen molar-refractivity contribution in [1.82, 2.24) is 0 Å². The minimum Gasteiger partial charge on any atom is -0.258 e. The maximum absolute atomic E-state index is 12.8. The quantitative estimate of drug-likeness (QED) is 0.389. The van der Waals surface area contributed by atoms with E-state index < -0.39 is 46.9 Å². The van der Waals surface area contributed by atoms with Gasteiger partial charge in [-0.15, -0.1) is 0 Å². The van der Waals surface area contributed by atoms with Crippen molar-refractivity contribution in [3.8, 4) is 0 Å². The summed E-state index contributed by atoms with van der Waals surface area (Å²) in [6.07, 6.45) is 0. The van der Waals surface area contributed by atoms with Gasteiger partial charge in [-0.2, -0.15) is 0 Å². The predicted molar refractivity (Wildman–Crippen MR) is 81.8 cm³/mol. The highest BCUT2D eigenvalue weighted by Crippen LogP contribution is 3.02. The Kier molecular flexibility index (Phi) is 3.93. The van der Waals surface area contributed by atoms with Gasteiger partial charge in [-0.1, -0.05) is 37.6 Å². The minimum absolute atomic E-state index is 0.0512. The summed E-state index contributed by atoms with van der Waals surface area (Å²) in [5.74, 6) is -1.01. The SMILES string of the molecule is O=[N+]([O-])c1cc(S(F)(F)(F)(F)F)ccc1CS(=O)(=O)c1ccccc1. The maximum atomic E-state index is 12.8. The van der Waals surface area contributed by atoms with Crippen molar-refractivity contribution in [2.45, 2.75) is 15.5 Å². The van der Waals surface area contributed by atoms with E-state index in [4.69, 9.17) is 0 Å². The summed E-state index contributed by atoms with van der Waals surface area (Å²) in [7, 11) is -14.2. The molecule has 0 N–H and O–H groups in total. The summed E-state index contributed by atoms with van der Waals surface area (Å²) >= 11 is 0. The Bertz CT molecular complexity index is 944. The molecule has 0 unspecified atom stereocenters. The molecule has 0 spiro atoms. The average molecular weight is 403 g/mol. The van der Waals surface area contributed by atoms with Crippen LogP contribution in [0.5, 0.6) is 0 Å². The molecule has 25 heavy (non-hydrogen) atoms. The second kappa shape index (κ2) is 5.14. The Hall–Kier alpha value is -2.21. The summed E-state index contributed by atoms with van der Waals surface area (Å²) in [6.45, 7) is 0. The summed E-state index contributed by atoms with van der Waals surface area (Å²) in [5.41, 5.74) is -1.97. The van der Waals surface area contributed by atoms with E-state index in [1.807, 2.05) is 0 Å². The van der Waals surface area contributed by atoms with Gasteiger partial charge in [0.25, 0.3) is 5.69 Å². The number of nitro benzene ring substituents is 1. The number of nitro groups is 1. The van der Waals surface area contributed by atoms with Crippen molar-refractivity contribution < 1.29 is 32.8 Å². The third-order valence-corrected chi connectivity index (χ3v) is 5.97. The highest BCUT2D eigenvalue weighted by atomic mass is 32.5. The molecule has 0 aliphatic carbocycles. The van der Waals surface area contributed by atoms with Crippen LogP contribution >= 0.6 is 10.2 Å². The Balaban J connectivity index is 2.56. The fourth-order valence-corrected chi connectivity index (χ4v) is 4.04. The molecule has 0 saturated heterocycles. The van der Waals surface area contributed by atoms with Crippen LogP contribution in [0.2, 0.25) is 0 Å². The molecule has 2 rings (SSSR count). The molecule has 0 aliphatic rings. The molecule has 0 atom stereocenters. The van der Waals surface area contributed by atoms with Crippen LogP contribution in [0.25, 0.3) is 0 Å². The van der Waals surface area contributed by atoms with Crippen LogP contribution in [0.3, 0.4) is 0 Å². The van der Waals surface area contributed by atoms with Crippen LogP contribution in [0.4, 0.5) is 25.1 Å². The molecule has 12 heteroatoms. The number of hydrogen-bond donors (Lipinski definition) is 0. The lowest BCUT2D eigenvalue weighted by Gasteiger charge is -2.40. The first-order valence-electron chi connectivity index (χ1n) is 6.39. The summed E-state index contributed by atoms with van der Waals surface area (Å²) in [6, 6.07) is 6.68. The molecule has 0 aliphatic heterocycles. The van der Waals surface area contributed by atoms with Crippen LogP contribution in [-0.4, -0.2) is 13.3 Å². The zero-order valence-corrected chi connectivity index (χ0v) is 13.7. The third kappa shape index (κ3) is 4.45. The number of nitrogens with zero attached hydrogens (tertiary/aromatic N) is 1. The molecular weight excluding hydrogens is 393 g/mol. The Labute approximate surface area is 138 Å². The zero-order chi connectivity index (χ0) is 19.2. The molecule has 0 saturated carbocycles. The van der Waals surface area contributed by atoms with Crippen LogP contribution in [0.15, 0.2) is 58.3 Å². The van der Waals surface area contributed by atoms with Gasteiger partial charge in [-0.05, 0) is 24.3 Å². The van der Waals surface area contributed by atoms with Crippen LogP contribution < -0.4 is 0 Å². The maximum Gasteiger partial charge on any atom is 0.310 e. The molecule has 2 aromatic carbocycles. The molecule has 0 amide bonds. The summed E-state index contributed by atoms with van der Waals surface area (Å²) in [4.78, 5) is 6.95. The molecule has 2 aromatic rings. The first-order valence-corrected chi connectivity index (χ1v) is 10.00. The predicted octanol–water partition coefficient (Wildman–Crippen LogP) is 5.23. The van der Waals surface area contributed by atoms with Crippen LogP contribution in [0, 0.1) is 10.1 Å². The van der Waals surface area contributed by atoms with Gasteiger partial charge in [0.1, 0.15) is 4.90 Å². The van der Waals surface area contributed by atoms with E-state index in [1.54, 1.807) is 0 Å². The molecule has 0 fully saturated rings. The van der Waals surface area contributed by atoms with Gasteiger partial charge in [-0.25, -0.2) is 8.42 Å². The zero-order valence-electron chi connectivity index (χ0n) is 12.1. The molecule has 0 radical (unpaired) electrons. The van der Waals surface area contributed by atoms with Crippen LogP contribution in [-0.2, 0) is 15.6 Å². The van der Waals surface area contributed by atoms with Crippen molar-refractivity contribution in [3.63, 3.8) is 0 Å². The average Bonchev–Trinajstić information content (AvgIpc) is 2.45. The first-order chi connectivity index (χ1) is 11.1.